The van der Waals surface area contributed by atoms with E-state index in [4.69, 9.17) is 4.74 Å². The molecule has 1 aromatic carbocycles. The summed E-state index contributed by atoms with van der Waals surface area (Å²) in [5, 5.41) is 17.6. The smallest absolute Gasteiger partial charge is 0.270 e. The van der Waals surface area contributed by atoms with Gasteiger partial charge >= 0.3 is 0 Å². The number of ether oxygens (including phenoxy) is 1. The highest BCUT2D eigenvalue weighted by atomic mass is 16.6. The molecule has 1 aromatic rings. The lowest BCUT2D eigenvalue weighted by Gasteiger charge is -2.59. The molecule has 2 N–H and O–H groups in total. The van der Waals surface area contributed by atoms with Crippen LogP contribution in [0.25, 0.3) is 0 Å². The van der Waals surface area contributed by atoms with Crippen molar-refractivity contribution in [3.8, 4) is 0 Å². The second-order valence-corrected chi connectivity index (χ2v) is 9.38. The maximum absolute atomic E-state index is 13.2. The number of nitrogens with one attached hydrogen (secondary N) is 2. The third-order valence-electron chi connectivity index (χ3n) is 7.43. The number of anilines is 1. The van der Waals surface area contributed by atoms with Gasteiger partial charge in [-0.05, 0) is 74.7 Å². The van der Waals surface area contributed by atoms with Crippen LogP contribution in [0.5, 0.6) is 0 Å². The standard InChI is InChI=1S/C22H31N3O4/c1-14(22-11-15-7-16(12-22)9-17(8-15)13-22)24-21(26)19-10-18(25(27)28)3-4-20(19)23-5-6-29-2/h3-4,10,14-17,23H,5-9,11-13H2,1-2H3,(H,24,26)/t14-,15?,16?,17?,22?/m1/s1. The van der Waals surface area contributed by atoms with Crippen molar-refractivity contribution in [1.82, 2.24) is 5.32 Å². The zero-order chi connectivity index (χ0) is 20.6. The molecule has 0 unspecified atom stereocenters. The zero-order valence-corrected chi connectivity index (χ0v) is 17.3. The average molecular weight is 402 g/mol. The van der Waals surface area contributed by atoms with Crippen LogP contribution in [0.4, 0.5) is 11.4 Å². The van der Waals surface area contributed by atoms with Gasteiger partial charge in [0.15, 0.2) is 0 Å². The first-order valence-corrected chi connectivity index (χ1v) is 10.7. The van der Waals surface area contributed by atoms with Crippen molar-refractivity contribution in [2.75, 3.05) is 25.6 Å². The van der Waals surface area contributed by atoms with E-state index in [1.54, 1.807) is 13.2 Å². The van der Waals surface area contributed by atoms with Crippen molar-refractivity contribution in [2.45, 2.75) is 51.5 Å². The predicted molar refractivity (Wildman–Crippen MR) is 111 cm³/mol. The third-order valence-corrected chi connectivity index (χ3v) is 7.43. The highest BCUT2D eigenvalue weighted by Crippen LogP contribution is 2.61. The maximum atomic E-state index is 13.2. The largest absolute Gasteiger partial charge is 0.383 e. The molecule has 1 atom stereocenters. The van der Waals surface area contributed by atoms with Crippen LogP contribution in [-0.2, 0) is 4.74 Å². The van der Waals surface area contributed by atoms with Gasteiger partial charge in [-0.25, -0.2) is 0 Å². The van der Waals surface area contributed by atoms with Crippen LogP contribution in [0.3, 0.4) is 0 Å². The van der Waals surface area contributed by atoms with Crippen LogP contribution < -0.4 is 10.6 Å². The number of nitro groups is 1. The molecule has 0 aromatic heterocycles. The van der Waals surface area contributed by atoms with Crippen LogP contribution in [0.1, 0.15) is 55.8 Å². The minimum atomic E-state index is -0.460. The Morgan fingerprint density at radius 1 is 1.24 bits per heavy atom. The normalized spacial score (nSPS) is 30.8. The quantitative estimate of drug-likeness (QED) is 0.390. The van der Waals surface area contributed by atoms with Gasteiger partial charge in [0.1, 0.15) is 0 Å². The van der Waals surface area contributed by atoms with Gasteiger partial charge in [0.2, 0.25) is 0 Å². The number of carbonyl (C=O) groups excluding carboxylic acids is 1. The Morgan fingerprint density at radius 2 is 1.86 bits per heavy atom. The predicted octanol–water partition coefficient (Wildman–Crippen LogP) is 3.99. The molecule has 158 valence electrons. The molecule has 29 heavy (non-hydrogen) atoms. The number of nitrogens with zero attached hydrogens (tertiary/aromatic N) is 1. The lowest BCUT2D eigenvalue weighted by Crippen LogP contribution is -2.55. The Balaban J connectivity index is 1.52. The molecule has 7 nitrogen and oxygen atoms in total. The van der Waals surface area contributed by atoms with Gasteiger partial charge in [-0.3, -0.25) is 14.9 Å². The topological polar surface area (TPSA) is 93.5 Å². The summed E-state index contributed by atoms with van der Waals surface area (Å²) in [5.74, 6) is 2.19. The summed E-state index contributed by atoms with van der Waals surface area (Å²) in [6.07, 6.45) is 7.69. The Kier molecular flexibility index (Phi) is 5.51. The van der Waals surface area contributed by atoms with Crippen LogP contribution >= 0.6 is 0 Å². The van der Waals surface area contributed by atoms with Gasteiger partial charge < -0.3 is 15.4 Å². The summed E-state index contributed by atoms with van der Waals surface area (Å²) in [6.45, 7) is 3.14. The van der Waals surface area contributed by atoms with E-state index in [0.717, 1.165) is 17.8 Å². The summed E-state index contributed by atoms with van der Waals surface area (Å²) in [5.41, 5.74) is 1.04. The van der Waals surface area contributed by atoms with E-state index < -0.39 is 4.92 Å². The third kappa shape index (κ3) is 3.97. The van der Waals surface area contributed by atoms with E-state index >= 15 is 0 Å². The molecule has 0 radical (unpaired) electrons. The van der Waals surface area contributed by atoms with E-state index in [0.29, 0.717) is 24.4 Å². The summed E-state index contributed by atoms with van der Waals surface area (Å²) >= 11 is 0. The molecule has 0 aliphatic heterocycles. The molecule has 5 rings (SSSR count). The zero-order valence-electron chi connectivity index (χ0n) is 17.3. The Bertz CT molecular complexity index is 759. The van der Waals surface area contributed by atoms with E-state index in [1.165, 1.54) is 50.7 Å². The maximum Gasteiger partial charge on any atom is 0.270 e. The molecule has 4 saturated carbocycles. The highest BCUT2D eigenvalue weighted by Gasteiger charge is 2.53. The van der Waals surface area contributed by atoms with Crippen LogP contribution in [-0.4, -0.2) is 37.1 Å². The van der Waals surface area contributed by atoms with E-state index in [1.807, 2.05) is 0 Å². The molecule has 4 fully saturated rings. The fraction of sp³-hybridized carbons (Fsp3) is 0.682. The number of carbonyl (C=O) groups is 1. The van der Waals surface area contributed by atoms with E-state index in [-0.39, 0.29) is 23.1 Å². The van der Waals surface area contributed by atoms with Crippen molar-refractivity contribution >= 4 is 17.3 Å². The molecule has 0 heterocycles. The van der Waals surface area contributed by atoms with Crippen molar-refractivity contribution in [2.24, 2.45) is 23.2 Å². The summed E-state index contributed by atoms with van der Waals surface area (Å²) in [6, 6.07) is 4.47. The molecular formula is C22H31N3O4. The van der Waals surface area contributed by atoms with Crippen molar-refractivity contribution in [1.29, 1.82) is 0 Å². The number of methoxy groups -OCH3 is 1. The summed E-state index contributed by atoms with van der Waals surface area (Å²) in [4.78, 5) is 23.9. The molecule has 0 saturated heterocycles. The second-order valence-electron chi connectivity index (χ2n) is 9.38. The van der Waals surface area contributed by atoms with E-state index in [2.05, 4.69) is 17.6 Å². The number of benzene rings is 1. The molecule has 1 amide bonds. The number of nitro benzene ring substituents is 1. The second kappa shape index (κ2) is 7.94. The Labute approximate surface area is 171 Å². The van der Waals surface area contributed by atoms with Crippen LogP contribution in [0.15, 0.2) is 18.2 Å². The van der Waals surface area contributed by atoms with Gasteiger partial charge in [-0.15, -0.1) is 0 Å². The molecule has 7 heteroatoms. The minimum Gasteiger partial charge on any atom is -0.383 e. The van der Waals surface area contributed by atoms with Gasteiger partial charge in [0.25, 0.3) is 11.6 Å². The lowest BCUT2D eigenvalue weighted by molar-refractivity contribution is -0.384. The fourth-order valence-corrected chi connectivity index (χ4v) is 6.41. The molecule has 0 spiro atoms. The monoisotopic (exact) mass is 401 g/mol. The average Bonchev–Trinajstić information content (AvgIpc) is 2.67. The Hall–Kier alpha value is -2.15. The van der Waals surface area contributed by atoms with Crippen LogP contribution in [0, 0.1) is 33.3 Å². The highest BCUT2D eigenvalue weighted by molar-refractivity contribution is 6.00. The van der Waals surface area contributed by atoms with Gasteiger partial charge in [-0.2, -0.15) is 0 Å². The fourth-order valence-electron chi connectivity index (χ4n) is 6.41. The number of hydrogen-bond acceptors (Lipinski definition) is 5. The summed E-state index contributed by atoms with van der Waals surface area (Å²) < 4.78 is 5.06. The van der Waals surface area contributed by atoms with Gasteiger partial charge in [-0.1, -0.05) is 0 Å². The summed E-state index contributed by atoms with van der Waals surface area (Å²) in [7, 11) is 1.61. The molecule has 4 aliphatic carbocycles. The van der Waals surface area contributed by atoms with Crippen molar-refractivity contribution in [3.63, 3.8) is 0 Å². The first-order chi connectivity index (χ1) is 13.9. The first kappa shape index (κ1) is 20.1. The Morgan fingerprint density at radius 3 is 2.41 bits per heavy atom. The number of non-ortho nitro benzene ring substituents is 1. The van der Waals surface area contributed by atoms with E-state index in [9.17, 15) is 14.9 Å². The minimum absolute atomic E-state index is 0.0643. The van der Waals surface area contributed by atoms with Crippen molar-refractivity contribution < 1.29 is 14.5 Å². The van der Waals surface area contributed by atoms with Gasteiger partial charge in [0, 0.05) is 37.5 Å². The number of amides is 1. The SMILES string of the molecule is COCCNc1ccc([N+](=O)[O-])cc1C(=O)N[C@H](C)C12CC3CC(CC(C3)C1)C2. The van der Waals surface area contributed by atoms with Gasteiger partial charge in [0.05, 0.1) is 17.1 Å². The molecular weight excluding hydrogens is 370 g/mol. The number of hydrogen-bond donors (Lipinski definition) is 2. The van der Waals surface area contributed by atoms with Crippen LogP contribution in [0.2, 0.25) is 0 Å². The lowest BCUT2D eigenvalue weighted by atomic mass is 9.48. The molecule has 4 aliphatic rings. The molecule has 4 bridgehead atoms. The first-order valence-electron chi connectivity index (χ1n) is 10.7. The number of rotatable bonds is 8. The van der Waals surface area contributed by atoms with Crippen molar-refractivity contribution in [3.05, 3.63) is 33.9 Å².